The molecule has 0 saturated heterocycles. The van der Waals surface area contributed by atoms with Crippen LogP contribution in [-0.2, 0) is 35.4 Å². The van der Waals surface area contributed by atoms with Gasteiger partial charge in [-0.2, -0.15) is 18.3 Å². The molecule has 1 N–H and O–H groups in total. The first kappa shape index (κ1) is 35.8. The molecular weight excluding hydrogens is 633 g/mol. The quantitative estimate of drug-likeness (QED) is 0.0651. The number of amides is 1. The second kappa shape index (κ2) is 14.6. The van der Waals surface area contributed by atoms with Crippen molar-refractivity contribution in [1.29, 1.82) is 0 Å². The molecule has 13 nitrogen and oxygen atoms in total. The molecule has 0 fully saturated rings. The minimum Gasteiger partial charge on any atom is -0.569 e. The number of rotatable bonds is 13. The van der Waals surface area contributed by atoms with E-state index in [0.717, 1.165) is 33.5 Å². The average Bonchev–Trinajstić information content (AvgIpc) is 3.43. The van der Waals surface area contributed by atoms with E-state index in [1.165, 1.54) is 19.2 Å². The SMILES string of the molecule is Cc1ccc(-c2cc(C(F)(F)F)nn2-c2ccc(S(=O)(=O)NC(=O)CCCCN(C)[N+]([O-])=NOCOC(=O)C(C)(C)C)cc2)cc1. The Labute approximate surface area is 264 Å². The van der Waals surface area contributed by atoms with Crippen molar-refractivity contribution >= 4 is 21.9 Å². The zero-order valence-corrected chi connectivity index (χ0v) is 26.7. The van der Waals surface area contributed by atoms with Gasteiger partial charge in [0, 0.05) is 12.0 Å². The van der Waals surface area contributed by atoms with E-state index >= 15 is 0 Å². The first-order chi connectivity index (χ1) is 21.4. The van der Waals surface area contributed by atoms with E-state index in [-0.39, 0.29) is 40.6 Å². The summed E-state index contributed by atoms with van der Waals surface area (Å²) in [6.07, 6.45) is -4.33. The molecule has 0 saturated carbocycles. The minimum atomic E-state index is -4.70. The van der Waals surface area contributed by atoms with Crippen molar-refractivity contribution in [3.05, 3.63) is 71.1 Å². The number of benzene rings is 2. The molecule has 46 heavy (non-hydrogen) atoms. The maximum absolute atomic E-state index is 13.5. The van der Waals surface area contributed by atoms with Crippen LogP contribution in [0, 0.1) is 17.5 Å². The number of aromatic nitrogens is 2. The number of carbonyl (C=O) groups excluding carboxylic acids is 2. The predicted molar refractivity (Wildman–Crippen MR) is 158 cm³/mol. The van der Waals surface area contributed by atoms with Crippen molar-refractivity contribution < 1.29 is 45.7 Å². The lowest BCUT2D eigenvalue weighted by atomic mass is 9.98. The molecule has 250 valence electrons. The van der Waals surface area contributed by atoms with E-state index in [1.54, 1.807) is 45.0 Å². The third kappa shape index (κ3) is 9.92. The molecule has 3 rings (SSSR count). The third-order valence-electron chi connectivity index (χ3n) is 6.40. The van der Waals surface area contributed by atoms with Gasteiger partial charge in [0.2, 0.25) is 11.2 Å². The zero-order valence-electron chi connectivity index (χ0n) is 25.9. The summed E-state index contributed by atoms with van der Waals surface area (Å²) >= 11 is 0. The van der Waals surface area contributed by atoms with Crippen LogP contribution in [0.25, 0.3) is 16.9 Å². The van der Waals surface area contributed by atoms with Crippen molar-refractivity contribution in [1.82, 2.24) is 19.5 Å². The van der Waals surface area contributed by atoms with Crippen LogP contribution in [0.2, 0.25) is 0 Å². The maximum atomic E-state index is 13.5. The van der Waals surface area contributed by atoms with Crippen LogP contribution in [0.1, 0.15) is 51.3 Å². The van der Waals surface area contributed by atoms with Gasteiger partial charge in [0.1, 0.15) is 0 Å². The van der Waals surface area contributed by atoms with Gasteiger partial charge in [0.15, 0.2) is 5.69 Å². The van der Waals surface area contributed by atoms with Gasteiger partial charge < -0.3 is 14.8 Å². The Bertz CT molecular complexity index is 1650. The molecule has 1 aromatic heterocycles. The highest BCUT2D eigenvalue weighted by Gasteiger charge is 2.35. The fourth-order valence-corrected chi connectivity index (χ4v) is 4.83. The highest BCUT2D eigenvalue weighted by molar-refractivity contribution is 7.90. The Hall–Kier alpha value is -4.67. The summed E-state index contributed by atoms with van der Waals surface area (Å²) in [6, 6.07) is 12.6. The zero-order chi connectivity index (χ0) is 34.3. The summed E-state index contributed by atoms with van der Waals surface area (Å²) < 4.78 is 73.9. The Balaban J connectivity index is 1.55. The lowest BCUT2D eigenvalue weighted by Crippen LogP contribution is -2.31. The molecule has 0 aliphatic rings. The number of alkyl halides is 3. The number of sulfonamides is 1. The van der Waals surface area contributed by atoms with Crippen LogP contribution in [0.4, 0.5) is 13.2 Å². The molecule has 1 heterocycles. The number of ether oxygens (including phenoxy) is 1. The number of carbonyl (C=O) groups is 2. The lowest BCUT2D eigenvalue weighted by molar-refractivity contribution is -0.706. The number of nitrogens with zero attached hydrogens (tertiary/aromatic N) is 5. The van der Waals surface area contributed by atoms with Crippen LogP contribution >= 0.6 is 0 Å². The van der Waals surface area contributed by atoms with Crippen molar-refractivity contribution in [2.75, 3.05) is 20.4 Å². The number of halogens is 3. The summed E-state index contributed by atoms with van der Waals surface area (Å²) in [7, 11) is -2.88. The summed E-state index contributed by atoms with van der Waals surface area (Å²) in [6.45, 7) is 6.40. The predicted octanol–water partition coefficient (Wildman–Crippen LogP) is 5.13. The second-order valence-corrected chi connectivity index (χ2v) is 13.0. The Morgan fingerprint density at radius 1 is 1.07 bits per heavy atom. The van der Waals surface area contributed by atoms with Crippen molar-refractivity contribution in [2.24, 2.45) is 10.7 Å². The number of nitrogens with one attached hydrogen (secondary N) is 1. The fourth-order valence-electron chi connectivity index (χ4n) is 3.82. The average molecular weight is 669 g/mol. The van der Waals surface area contributed by atoms with Gasteiger partial charge in [-0.05, 0) is 70.9 Å². The molecule has 0 atom stereocenters. The highest BCUT2D eigenvalue weighted by atomic mass is 32.2. The lowest BCUT2D eigenvalue weighted by Gasteiger charge is -2.15. The van der Waals surface area contributed by atoms with Crippen molar-refractivity contribution in [3.8, 4) is 16.9 Å². The number of hydrogen-bond donors (Lipinski definition) is 1. The van der Waals surface area contributed by atoms with Gasteiger partial charge >= 0.3 is 12.1 Å². The van der Waals surface area contributed by atoms with Gasteiger partial charge in [-0.1, -0.05) is 29.8 Å². The molecule has 0 unspecified atom stereocenters. The molecule has 0 bridgehead atoms. The van der Waals surface area contributed by atoms with Gasteiger partial charge in [0.05, 0.1) is 40.3 Å². The van der Waals surface area contributed by atoms with E-state index in [1.807, 2.05) is 11.6 Å². The molecule has 1 amide bonds. The Kier molecular flexibility index (Phi) is 11.4. The first-order valence-corrected chi connectivity index (χ1v) is 15.5. The standard InChI is InChI=1S/C29H35F3N6O7S/c1-20-9-11-21(12-10-20)24-18-25(29(30,31)32)33-37(24)22-13-15-23(16-14-22)46(42,43)34-26(39)8-6-7-17-36(5)38(41)35-45-19-44-27(40)28(2,3)4/h9-16,18H,6-8,17,19H2,1-5H3,(H,34,39). The van der Waals surface area contributed by atoms with Crippen molar-refractivity contribution in [2.45, 2.75) is 58.0 Å². The number of hydrogen-bond acceptors (Lipinski definition) is 9. The van der Waals surface area contributed by atoms with E-state index < -0.39 is 46.0 Å². The summed E-state index contributed by atoms with van der Waals surface area (Å²) in [5.41, 5.74) is -0.121. The number of hydrazine groups is 1. The van der Waals surface area contributed by atoms with E-state index in [0.29, 0.717) is 12.0 Å². The molecule has 0 spiro atoms. The van der Waals surface area contributed by atoms with Crippen LogP contribution < -0.4 is 4.72 Å². The molecule has 17 heteroatoms. The number of esters is 1. The van der Waals surface area contributed by atoms with Gasteiger partial charge in [0.25, 0.3) is 16.8 Å². The van der Waals surface area contributed by atoms with Crippen LogP contribution in [0.3, 0.4) is 0 Å². The van der Waals surface area contributed by atoms with Gasteiger partial charge in [-0.25, -0.2) is 17.8 Å². The van der Waals surface area contributed by atoms with Crippen LogP contribution in [0.15, 0.2) is 64.8 Å². The normalized spacial score (nSPS) is 12.5. The highest BCUT2D eigenvalue weighted by Crippen LogP contribution is 2.33. The summed E-state index contributed by atoms with van der Waals surface area (Å²) in [4.78, 5) is 28.5. The van der Waals surface area contributed by atoms with E-state index in [4.69, 9.17) is 4.74 Å². The summed E-state index contributed by atoms with van der Waals surface area (Å²) in [5, 5.41) is 20.0. The topological polar surface area (TPSA) is 158 Å². The van der Waals surface area contributed by atoms with Crippen molar-refractivity contribution in [3.63, 3.8) is 0 Å². The first-order valence-electron chi connectivity index (χ1n) is 14.0. The summed E-state index contributed by atoms with van der Waals surface area (Å²) in [5.74, 6) is -1.32. The van der Waals surface area contributed by atoms with E-state index in [2.05, 4.69) is 15.2 Å². The molecular formula is C29H35F3N6O7S. The molecule has 0 aliphatic heterocycles. The number of aryl methyl sites for hydroxylation is 1. The second-order valence-electron chi connectivity index (χ2n) is 11.3. The van der Waals surface area contributed by atoms with Gasteiger partial charge in [-0.15, -0.1) is 5.01 Å². The molecule has 3 aromatic rings. The van der Waals surface area contributed by atoms with Crippen LogP contribution in [0.5, 0.6) is 0 Å². The van der Waals surface area contributed by atoms with Crippen LogP contribution in [-0.4, -0.2) is 60.4 Å². The smallest absolute Gasteiger partial charge is 0.435 e. The third-order valence-corrected chi connectivity index (χ3v) is 7.79. The Morgan fingerprint density at radius 3 is 2.28 bits per heavy atom. The molecule has 0 radical (unpaired) electrons. The minimum absolute atomic E-state index is 0.135. The monoisotopic (exact) mass is 668 g/mol. The maximum Gasteiger partial charge on any atom is 0.435 e. The Morgan fingerprint density at radius 2 is 1.70 bits per heavy atom. The van der Waals surface area contributed by atoms with E-state index in [9.17, 15) is 36.4 Å². The van der Waals surface area contributed by atoms with Gasteiger partial charge in [-0.3, -0.25) is 9.59 Å². The largest absolute Gasteiger partial charge is 0.569 e. The number of unbranched alkanes of at least 4 members (excludes halogenated alkanes) is 1. The molecule has 0 aliphatic carbocycles. The molecule has 2 aromatic carbocycles. The fraction of sp³-hybridized carbons (Fsp3) is 0.414.